The van der Waals surface area contributed by atoms with Crippen LogP contribution in [0.15, 0.2) is 35.5 Å². The minimum Gasteiger partial charge on any atom is -0.496 e. The van der Waals surface area contributed by atoms with E-state index in [0.29, 0.717) is 17.9 Å². The van der Waals surface area contributed by atoms with E-state index in [1.54, 1.807) is 7.11 Å². The molecule has 6 nitrogen and oxygen atoms in total. The minimum absolute atomic E-state index is 0.305. The number of hydrogen-bond acceptors (Lipinski definition) is 6. The number of nitrogens with zero attached hydrogens (tertiary/aromatic N) is 1. The van der Waals surface area contributed by atoms with Crippen LogP contribution in [0.1, 0.15) is 55.0 Å². The molecule has 1 aromatic heterocycles. The molecular weight excluding hydrogens is 366 g/mol. The predicted molar refractivity (Wildman–Crippen MR) is 113 cm³/mol. The Balaban J connectivity index is 1.99. The second-order valence-corrected chi connectivity index (χ2v) is 7.48. The summed E-state index contributed by atoms with van der Waals surface area (Å²) in [6.45, 7) is 4.00. The van der Waals surface area contributed by atoms with Crippen molar-refractivity contribution in [2.45, 2.75) is 45.4 Å². The Morgan fingerprint density at radius 2 is 2.03 bits per heavy atom. The highest BCUT2D eigenvalue weighted by atomic mass is 16.5. The van der Waals surface area contributed by atoms with Gasteiger partial charge in [-0.25, -0.2) is 9.78 Å². The molecule has 4 rings (SSSR count). The van der Waals surface area contributed by atoms with Crippen molar-refractivity contribution >= 4 is 17.5 Å². The van der Waals surface area contributed by atoms with E-state index < -0.39 is 5.92 Å². The number of para-hydroxylation sites is 1. The van der Waals surface area contributed by atoms with Crippen molar-refractivity contribution in [3.8, 4) is 5.75 Å². The summed E-state index contributed by atoms with van der Waals surface area (Å²) in [5.74, 6) is 0.680. The summed E-state index contributed by atoms with van der Waals surface area (Å²) in [4.78, 5) is 17.9. The van der Waals surface area contributed by atoms with Crippen molar-refractivity contribution in [1.82, 2.24) is 4.98 Å². The molecule has 1 atom stereocenters. The minimum atomic E-state index is -0.402. The number of hydrogen-bond donors (Lipinski definition) is 2. The molecule has 29 heavy (non-hydrogen) atoms. The molecule has 0 bridgehead atoms. The number of anilines is 2. The van der Waals surface area contributed by atoms with Crippen molar-refractivity contribution in [2.24, 2.45) is 0 Å². The van der Waals surface area contributed by atoms with E-state index in [2.05, 4.69) is 5.32 Å². The van der Waals surface area contributed by atoms with E-state index >= 15 is 0 Å². The van der Waals surface area contributed by atoms with Gasteiger partial charge in [0.15, 0.2) is 0 Å². The molecule has 0 saturated heterocycles. The Kier molecular flexibility index (Phi) is 5.18. The maximum atomic E-state index is 13.0. The zero-order valence-electron chi connectivity index (χ0n) is 17.2. The Morgan fingerprint density at radius 1 is 1.28 bits per heavy atom. The highest BCUT2D eigenvalue weighted by Gasteiger charge is 2.38. The number of fused-ring (bicyclic) bond motifs is 2. The van der Waals surface area contributed by atoms with E-state index in [1.807, 2.05) is 38.1 Å². The number of carbonyl (C=O) groups excluding carboxylic acids is 1. The number of ether oxygens (including phenoxy) is 2. The molecule has 1 aliphatic heterocycles. The zero-order chi connectivity index (χ0) is 20.5. The molecule has 3 N–H and O–H groups in total. The zero-order valence-corrected chi connectivity index (χ0v) is 17.2. The van der Waals surface area contributed by atoms with Crippen LogP contribution in [0.25, 0.3) is 0 Å². The number of rotatable bonds is 4. The van der Waals surface area contributed by atoms with E-state index in [-0.39, 0.29) is 5.97 Å². The maximum absolute atomic E-state index is 13.0. The first kappa shape index (κ1) is 19.3. The second kappa shape index (κ2) is 7.78. The van der Waals surface area contributed by atoms with Gasteiger partial charge in [0.1, 0.15) is 11.6 Å². The molecule has 0 fully saturated rings. The Bertz CT molecular complexity index is 997. The largest absolute Gasteiger partial charge is 0.496 e. The number of pyridine rings is 1. The lowest BCUT2D eigenvalue weighted by molar-refractivity contribution is -0.138. The molecule has 0 unspecified atom stereocenters. The SMILES string of the molecule is CCOC(=O)C1=C(C)Nc2nc3c(c(N)c2[C@@H]1c1ccccc1OC)CCCC3. The van der Waals surface area contributed by atoms with Crippen LogP contribution in [-0.2, 0) is 22.4 Å². The lowest BCUT2D eigenvalue weighted by Gasteiger charge is -2.33. The van der Waals surface area contributed by atoms with Gasteiger partial charge in [0.2, 0.25) is 0 Å². The molecular formula is C23H27N3O3. The third kappa shape index (κ3) is 3.22. The molecule has 6 heteroatoms. The molecule has 0 amide bonds. The summed E-state index contributed by atoms with van der Waals surface area (Å²) in [5, 5.41) is 3.32. The first-order chi connectivity index (χ1) is 14.1. The number of methoxy groups -OCH3 is 1. The summed E-state index contributed by atoms with van der Waals surface area (Å²) in [6.07, 6.45) is 4.07. The van der Waals surface area contributed by atoms with Gasteiger partial charge < -0.3 is 20.5 Å². The highest BCUT2D eigenvalue weighted by Crippen LogP contribution is 2.48. The van der Waals surface area contributed by atoms with Crippen molar-refractivity contribution in [2.75, 3.05) is 24.8 Å². The normalized spacial score (nSPS) is 17.8. The van der Waals surface area contributed by atoms with Gasteiger partial charge in [-0.15, -0.1) is 0 Å². The number of nitrogen functional groups attached to an aromatic ring is 1. The third-order valence-corrected chi connectivity index (χ3v) is 5.79. The number of allylic oxidation sites excluding steroid dienone is 1. The van der Waals surface area contributed by atoms with Crippen LogP contribution < -0.4 is 15.8 Å². The number of esters is 1. The van der Waals surface area contributed by atoms with E-state index in [4.69, 9.17) is 20.2 Å². The van der Waals surface area contributed by atoms with Crippen LogP contribution in [0, 0.1) is 0 Å². The third-order valence-electron chi connectivity index (χ3n) is 5.79. The van der Waals surface area contributed by atoms with Gasteiger partial charge in [0.25, 0.3) is 0 Å². The molecule has 1 aromatic carbocycles. The summed E-state index contributed by atoms with van der Waals surface area (Å²) in [6, 6.07) is 7.74. The van der Waals surface area contributed by atoms with Crippen LogP contribution >= 0.6 is 0 Å². The van der Waals surface area contributed by atoms with Gasteiger partial charge in [-0.3, -0.25) is 0 Å². The molecule has 0 saturated carbocycles. The van der Waals surface area contributed by atoms with E-state index in [9.17, 15) is 4.79 Å². The smallest absolute Gasteiger partial charge is 0.336 e. The molecule has 2 heterocycles. The van der Waals surface area contributed by atoms with E-state index in [1.165, 1.54) is 0 Å². The van der Waals surface area contributed by atoms with Crippen LogP contribution in [0.5, 0.6) is 5.75 Å². The second-order valence-electron chi connectivity index (χ2n) is 7.48. The van der Waals surface area contributed by atoms with Crippen molar-refractivity contribution in [1.29, 1.82) is 0 Å². The average Bonchev–Trinajstić information content (AvgIpc) is 2.73. The van der Waals surface area contributed by atoms with Crippen molar-refractivity contribution in [3.63, 3.8) is 0 Å². The topological polar surface area (TPSA) is 86.5 Å². The number of aromatic nitrogens is 1. The average molecular weight is 393 g/mol. The predicted octanol–water partition coefficient (Wildman–Crippen LogP) is 3.95. The fourth-order valence-electron chi connectivity index (χ4n) is 4.48. The Labute approximate surface area is 171 Å². The molecule has 152 valence electrons. The fraction of sp³-hybridized carbons (Fsp3) is 0.391. The van der Waals surface area contributed by atoms with Gasteiger partial charge in [0.05, 0.1) is 25.2 Å². The van der Waals surface area contributed by atoms with E-state index in [0.717, 1.165) is 65.3 Å². The molecule has 0 radical (unpaired) electrons. The van der Waals surface area contributed by atoms with Gasteiger partial charge >= 0.3 is 5.97 Å². The maximum Gasteiger partial charge on any atom is 0.336 e. The number of benzene rings is 1. The van der Waals surface area contributed by atoms with Crippen LogP contribution in [-0.4, -0.2) is 24.7 Å². The van der Waals surface area contributed by atoms with Crippen LogP contribution in [0.3, 0.4) is 0 Å². The van der Waals surface area contributed by atoms with Gasteiger partial charge in [-0.05, 0) is 51.2 Å². The Hall–Kier alpha value is -3.02. The van der Waals surface area contributed by atoms with Crippen LogP contribution in [0.4, 0.5) is 11.5 Å². The summed E-state index contributed by atoms with van der Waals surface area (Å²) in [7, 11) is 1.63. The monoisotopic (exact) mass is 393 g/mol. The summed E-state index contributed by atoms with van der Waals surface area (Å²) in [5.41, 5.74) is 12.6. The fourth-order valence-corrected chi connectivity index (χ4v) is 4.48. The molecule has 0 spiro atoms. The first-order valence-electron chi connectivity index (χ1n) is 10.2. The van der Waals surface area contributed by atoms with Crippen molar-refractivity contribution < 1.29 is 14.3 Å². The lowest BCUT2D eigenvalue weighted by Crippen LogP contribution is -2.27. The number of carbonyl (C=O) groups is 1. The number of aryl methyl sites for hydroxylation is 1. The summed E-state index contributed by atoms with van der Waals surface area (Å²) >= 11 is 0. The number of nitrogens with one attached hydrogen (secondary N) is 1. The van der Waals surface area contributed by atoms with Gasteiger partial charge in [0, 0.05) is 28.2 Å². The van der Waals surface area contributed by atoms with Gasteiger partial charge in [-0.1, -0.05) is 18.2 Å². The summed E-state index contributed by atoms with van der Waals surface area (Å²) < 4.78 is 11.0. The highest BCUT2D eigenvalue weighted by molar-refractivity contribution is 5.96. The Morgan fingerprint density at radius 3 is 2.79 bits per heavy atom. The van der Waals surface area contributed by atoms with Crippen molar-refractivity contribution in [3.05, 3.63) is 57.9 Å². The standard InChI is InChI=1S/C23H27N3O3/c1-4-29-23(27)18-13(2)25-22-20(19(18)15-10-6-8-12-17(15)28-3)21(24)14-9-5-7-11-16(14)26-22/h6,8,10,12,19H,4-5,7,9,11H2,1-3H3,(H3,24,25,26)/t19-/m1/s1. The molecule has 2 aromatic rings. The van der Waals surface area contributed by atoms with Crippen LogP contribution in [0.2, 0.25) is 0 Å². The van der Waals surface area contributed by atoms with Gasteiger partial charge in [-0.2, -0.15) is 0 Å². The lowest BCUT2D eigenvalue weighted by atomic mass is 9.78. The molecule has 2 aliphatic rings. The number of nitrogens with two attached hydrogens (primary N) is 1. The molecule has 1 aliphatic carbocycles. The quantitative estimate of drug-likeness (QED) is 0.765. The first-order valence-corrected chi connectivity index (χ1v) is 10.2.